The smallest absolute Gasteiger partial charge is 0.319 e. The molecule has 2 aromatic rings. The van der Waals surface area contributed by atoms with Gasteiger partial charge in [0, 0.05) is 25.1 Å². The molecule has 0 atom stereocenters. The number of rotatable bonds is 6. The predicted molar refractivity (Wildman–Crippen MR) is 74.8 cm³/mol. The average molecular weight is 273 g/mol. The molecule has 2 aromatic heterocycles. The fraction of sp³-hybridized carbons (Fsp3) is 0.231. The van der Waals surface area contributed by atoms with Crippen LogP contribution in [0.3, 0.4) is 0 Å². The Balaban J connectivity index is 2.47. The number of methoxy groups -OCH3 is 2. The second kappa shape index (κ2) is 6.46. The Labute approximate surface area is 116 Å². The molecule has 0 unspecified atom stereocenters. The van der Waals surface area contributed by atoms with Gasteiger partial charge in [-0.15, -0.1) is 6.58 Å². The zero-order valence-corrected chi connectivity index (χ0v) is 11.3. The molecule has 0 amide bonds. The van der Waals surface area contributed by atoms with Crippen LogP contribution in [0.25, 0.3) is 11.3 Å². The van der Waals surface area contributed by atoms with Crippen molar-refractivity contribution in [3.63, 3.8) is 0 Å². The highest BCUT2D eigenvalue weighted by atomic mass is 16.5. The van der Waals surface area contributed by atoms with Crippen LogP contribution >= 0.6 is 0 Å². The van der Waals surface area contributed by atoms with Crippen molar-refractivity contribution >= 4 is 5.82 Å². The van der Waals surface area contributed by atoms with Crippen molar-refractivity contribution in [3.8, 4) is 23.1 Å². The zero-order valence-electron chi connectivity index (χ0n) is 11.3. The van der Waals surface area contributed by atoms with Crippen LogP contribution in [-0.4, -0.2) is 40.7 Å². The van der Waals surface area contributed by atoms with Crippen molar-refractivity contribution in [2.75, 3.05) is 26.1 Å². The molecule has 0 aliphatic carbocycles. The molecule has 0 saturated heterocycles. The van der Waals surface area contributed by atoms with Crippen molar-refractivity contribution in [3.05, 3.63) is 31.2 Å². The summed E-state index contributed by atoms with van der Waals surface area (Å²) in [7, 11) is 3.02. The normalized spacial score (nSPS) is 9.90. The number of hydrogen-bond acceptors (Lipinski definition) is 7. The standard InChI is InChI=1S/C13H15N5O2/c1-4-5-15-11-10(14-6-7-16-11)9-8-17-13(20-3)18-12(9)19-2/h4,6-8H,1,5H2,2-3H3,(H,15,16). The third-order valence-corrected chi connectivity index (χ3v) is 2.47. The zero-order chi connectivity index (χ0) is 14.4. The van der Waals surface area contributed by atoms with Crippen LogP contribution in [0.5, 0.6) is 11.9 Å². The molecule has 0 aromatic carbocycles. The molecule has 2 heterocycles. The van der Waals surface area contributed by atoms with Gasteiger partial charge >= 0.3 is 6.01 Å². The van der Waals surface area contributed by atoms with Crippen LogP contribution in [0.15, 0.2) is 31.2 Å². The predicted octanol–water partition coefficient (Wildman–Crippen LogP) is 1.55. The number of ether oxygens (including phenoxy) is 2. The summed E-state index contributed by atoms with van der Waals surface area (Å²) in [4.78, 5) is 16.8. The highest BCUT2D eigenvalue weighted by Crippen LogP contribution is 2.30. The Kier molecular flexibility index (Phi) is 4.43. The lowest BCUT2D eigenvalue weighted by Crippen LogP contribution is -2.05. The van der Waals surface area contributed by atoms with Gasteiger partial charge < -0.3 is 14.8 Å². The molecule has 1 N–H and O–H groups in total. The first kappa shape index (κ1) is 13.7. The monoisotopic (exact) mass is 273 g/mol. The van der Waals surface area contributed by atoms with E-state index in [-0.39, 0.29) is 6.01 Å². The molecule has 0 bridgehead atoms. The van der Waals surface area contributed by atoms with Gasteiger partial charge in [0.1, 0.15) is 5.69 Å². The van der Waals surface area contributed by atoms with Gasteiger partial charge in [0.25, 0.3) is 0 Å². The summed E-state index contributed by atoms with van der Waals surface area (Å²) < 4.78 is 10.2. The van der Waals surface area contributed by atoms with Gasteiger partial charge in [0.15, 0.2) is 5.82 Å². The number of nitrogens with one attached hydrogen (secondary N) is 1. The van der Waals surface area contributed by atoms with Crippen molar-refractivity contribution in [2.45, 2.75) is 0 Å². The number of anilines is 1. The molecule has 104 valence electrons. The third-order valence-electron chi connectivity index (χ3n) is 2.47. The van der Waals surface area contributed by atoms with Crippen LogP contribution in [0.2, 0.25) is 0 Å². The average Bonchev–Trinajstić information content (AvgIpc) is 2.52. The molecule has 0 radical (unpaired) electrons. The fourth-order valence-electron chi connectivity index (χ4n) is 1.60. The molecule has 2 rings (SSSR count). The highest BCUT2D eigenvalue weighted by Gasteiger charge is 2.15. The van der Waals surface area contributed by atoms with E-state index in [0.717, 1.165) is 0 Å². The minimum Gasteiger partial charge on any atom is -0.480 e. The second-order valence-corrected chi connectivity index (χ2v) is 3.70. The molecule has 20 heavy (non-hydrogen) atoms. The van der Waals surface area contributed by atoms with Crippen molar-refractivity contribution < 1.29 is 9.47 Å². The molecular formula is C13H15N5O2. The summed E-state index contributed by atoms with van der Waals surface area (Å²) in [5.41, 5.74) is 1.24. The van der Waals surface area contributed by atoms with E-state index in [0.29, 0.717) is 29.5 Å². The maximum Gasteiger partial charge on any atom is 0.319 e. The number of aromatic nitrogens is 4. The van der Waals surface area contributed by atoms with Crippen LogP contribution < -0.4 is 14.8 Å². The third kappa shape index (κ3) is 2.82. The summed E-state index contributed by atoms with van der Waals surface area (Å²) in [6.45, 7) is 4.23. The van der Waals surface area contributed by atoms with Gasteiger partial charge in [-0.25, -0.2) is 9.97 Å². The van der Waals surface area contributed by atoms with Gasteiger partial charge in [-0.1, -0.05) is 6.08 Å². The summed E-state index contributed by atoms with van der Waals surface area (Å²) in [5.74, 6) is 0.985. The first-order chi connectivity index (χ1) is 9.80. The SMILES string of the molecule is C=CCNc1nccnc1-c1cnc(OC)nc1OC. The fourth-order valence-corrected chi connectivity index (χ4v) is 1.60. The molecule has 7 heteroatoms. The van der Waals surface area contributed by atoms with Crippen LogP contribution in [0.1, 0.15) is 0 Å². The lowest BCUT2D eigenvalue weighted by Gasteiger charge is -2.11. The maximum atomic E-state index is 5.25. The second-order valence-electron chi connectivity index (χ2n) is 3.70. The Morgan fingerprint density at radius 1 is 1.20 bits per heavy atom. The molecule has 0 spiro atoms. The Morgan fingerprint density at radius 2 is 2.00 bits per heavy atom. The van der Waals surface area contributed by atoms with Crippen LogP contribution in [0.4, 0.5) is 5.82 Å². The summed E-state index contributed by atoms with van der Waals surface area (Å²) in [6, 6.07) is 0.232. The Hall–Kier alpha value is -2.70. The quantitative estimate of drug-likeness (QED) is 0.799. The molecule has 0 saturated carbocycles. The lowest BCUT2D eigenvalue weighted by atomic mass is 10.2. The van der Waals surface area contributed by atoms with Gasteiger partial charge in [0.05, 0.1) is 19.8 Å². The largest absolute Gasteiger partial charge is 0.480 e. The van der Waals surface area contributed by atoms with Crippen molar-refractivity contribution in [1.29, 1.82) is 0 Å². The van der Waals surface area contributed by atoms with Gasteiger partial charge in [-0.2, -0.15) is 4.98 Å². The van der Waals surface area contributed by atoms with E-state index >= 15 is 0 Å². The van der Waals surface area contributed by atoms with E-state index in [1.807, 2.05) is 0 Å². The van der Waals surface area contributed by atoms with Crippen LogP contribution in [-0.2, 0) is 0 Å². The lowest BCUT2D eigenvalue weighted by molar-refractivity contribution is 0.353. The van der Waals surface area contributed by atoms with E-state index in [9.17, 15) is 0 Å². The van der Waals surface area contributed by atoms with Gasteiger partial charge in [-0.3, -0.25) is 4.98 Å². The van der Waals surface area contributed by atoms with Crippen molar-refractivity contribution in [1.82, 2.24) is 19.9 Å². The van der Waals surface area contributed by atoms with Crippen LogP contribution in [0, 0.1) is 0 Å². The maximum absolute atomic E-state index is 5.25. The topological polar surface area (TPSA) is 82.1 Å². The first-order valence-electron chi connectivity index (χ1n) is 5.91. The summed E-state index contributed by atoms with van der Waals surface area (Å²) >= 11 is 0. The van der Waals surface area contributed by atoms with E-state index in [4.69, 9.17) is 9.47 Å². The van der Waals surface area contributed by atoms with E-state index in [2.05, 4.69) is 31.8 Å². The molecule has 0 aliphatic rings. The number of hydrogen-bond donors (Lipinski definition) is 1. The van der Waals surface area contributed by atoms with Crippen molar-refractivity contribution in [2.24, 2.45) is 0 Å². The minimum atomic E-state index is 0.232. The molecule has 0 aliphatic heterocycles. The molecular weight excluding hydrogens is 258 g/mol. The molecule has 7 nitrogen and oxygen atoms in total. The summed E-state index contributed by atoms with van der Waals surface area (Å²) in [5, 5.41) is 3.11. The van der Waals surface area contributed by atoms with E-state index in [1.54, 1.807) is 24.7 Å². The number of nitrogens with zero attached hydrogens (tertiary/aromatic N) is 4. The highest BCUT2D eigenvalue weighted by molar-refractivity contribution is 5.74. The Bertz CT molecular complexity index is 603. The first-order valence-corrected chi connectivity index (χ1v) is 5.91. The van der Waals surface area contributed by atoms with E-state index < -0.39 is 0 Å². The van der Waals surface area contributed by atoms with Gasteiger partial charge in [0.2, 0.25) is 5.88 Å². The van der Waals surface area contributed by atoms with Gasteiger partial charge in [-0.05, 0) is 0 Å². The molecule has 0 fully saturated rings. The van der Waals surface area contributed by atoms with E-state index in [1.165, 1.54) is 14.2 Å². The Morgan fingerprint density at radius 3 is 2.70 bits per heavy atom. The minimum absolute atomic E-state index is 0.232. The summed E-state index contributed by atoms with van der Waals surface area (Å²) in [6.07, 6.45) is 6.53.